The fraction of sp³-hybridized carbons (Fsp3) is 0.500. The molecule has 0 radical (unpaired) electrons. The smallest absolute Gasteiger partial charge is 0.310 e. The van der Waals surface area contributed by atoms with Crippen LogP contribution in [0.5, 0.6) is 5.75 Å². The molecule has 1 aromatic rings. The monoisotopic (exact) mass is 343 g/mol. The molecule has 1 N–H and O–H groups in total. The number of nitrogens with zero attached hydrogens (tertiary/aromatic N) is 1. The average molecular weight is 344 g/mol. The highest BCUT2D eigenvalue weighted by Crippen LogP contribution is 2.26. The van der Waals surface area contributed by atoms with Crippen LogP contribution in [0.4, 0.5) is 0 Å². The first-order valence-corrected chi connectivity index (χ1v) is 7.15. The summed E-state index contributed by atoms with van der Waals surface area (Å²) in [5, 5.41) is 9.20. The van der Waals surface area contributed by atoms with Crippen LogP contribution in [-0.4, -0.2) is 49.4 Å². The maximum atomic E-state index is 11.2. The molecular formula is C14H18BrNO4. The highest BCUT2D eigenvalue weighted by molar-refractivity contribution is 9.10. The number of benzene rings is 1. The summed E-state index contributed by atoms with van der Waals surface area (Å²) in [6, 6.07) is 5.66. The number of carboxylic acids is 1. The van der Waals surface area contributed by atoms with Gasteiger partial charge in [0.25, 0.3) is 0 Å². The second-order valence-corrected chi connectivity index (χ2v) is 5.78. The first-order chi connectivity index (χ1) is 9.52. The van der Waals surface area contributed by atoms with Crippen LogP contribution in [0, 0.1) is 5.92 Å². The van der Waals surface area contributed by atoms with Gasteiger partial charge in [-0.1, -0.05) is 15.9 Å². The molecule has 1 fully saturated rings. The molecule has 2 atom stereocenters. The first kappa shape index (κ1) is 15.3. The summed E-state index contributed by atoms with van der Waals surface area (Å²) in [5.74, 6) is -0.484. The summed E-state index contributed by atoms with van der Waals surface area (Å²) in [5.41, 5.74) is 1.06. The van der Waals surface area contributed by atoms with Gasteiger partial charge in [0.2, 0.25) is 0 Å². The van der Waals surface area contributed by atoms with E-state index < -0.39 is 11.9 Å². The van der Waals surface area contributed by atoms with Crippen molar-refractivity contribution in [1.29, 1.82) is 0 Å². The zero-order valence-electron chi connectivity index (χ0n) is 11.5. The molecule has 0 bridgehead atoms. The molecule has 1 aromatic carbocycles. The molecule has 0 aliphatic carbocycles. The lowest BCUT2D eigenvalue weighted by molar-refractivity contribution is -0.143. The number of halogens is 1. The van der Waals surface area contributed by atoms with E-state index in [1.807, 2.05) is 30.1 Å². The molecule has 2 rings (SSSR count). The summed E-state index contributed by atoms with van der Waals surface area (Å²) in [6.45, 7) is 1.37. The SMILES string of the molecule is COc1ccc(Br)c(CN(C)C2COCC2C(=O)O)c1. The Morgan fingerprint density at radius 2 is 2.30 bits per heavy atom. The van der Waals surface area contributed by atoms with Gasteiger partial charge < -0.3 is 14.6 Å². The van der Waals surface area contributed by atoms with E-state index in [2.05, 4.69) is 15.9 Å². The van der Waals surface area contributed by atoms with E-state index in [1.54, 1.807) is 7.11 Å². The molecule has 2 unspecified atom stereocenters. The quantitative estimate of drug-likeness (QED) is 0.885. The van der Waals surface area contributed by atoms with Gasteiger partial charge in [0.05, 0.1) is 26.2 Å². The molecule has 5 nitrogen and oxygen atoms in total. The van der Waals surface area contributed by atoms with Gasteiger partial charge in [-0.25, -0.2) is 0 Å². The van der Waals surface area contributed by atoms with Gasteiger partial charge in [0, 0.05) is 17.1 Å². The van der Waals surface area contributed by atoms with E-state index >= 15 is 0 Å². The third-order valence-corrected chi connectivity index (χ3v) is 4.38. The fourth-order valence-electron chi connectivity index (χ4n) is 2.40. The Morgan fingerprint density at radius 3 is 2.95 bits per heavy atom. The summed E-state index contributed by atoms with van der Waals surface area (Å²) < 4.78 is 11.5. The molecule has 20 heavy (non-hydrogen) atoms. The molecule has 1 heterocycles. The van der Waals surface area contributed by atoms with Crippen molar-refractivity contribution in [3.63, 3.8) is 0 Å². The predicted octanol–water partition coefficient (Wildman–Crippen LogP) is 1.99. The lowest BCUT2D eigenvalue weighted by Gasteiger charge is -2.26. The number of likely N-dealkylation sites (N-methyl/N-ethyl adjacent to an activating group) is 1. The number of methoxy groups -OCH3 is 1. The van der Waals surface area contributed by atoms with Gasteiger partial charge in [0.1, 0.15) is 5.75 Å². The normalized spacial score (nSPS) is 22.2. The van der Waals surface area contributed by atoms with Crippen LogP contribution in [0.25, 0.3) is 0 Å². The van der Waals surface area contributed by atoms with Gasteiger partial charge in [-0.3, -0.25) is 9.69 Å². The fourth-order valence-corrected chi connectivity index (χ4v) is 2.77. The molecule has 1 saturated heterocycles. The lowest BCUT2D eigenvalue weighted by Crippen LogP contribution is -2.40. The largest absolute Gasteiger partial charge is 0.497 e. The highest BCUT2D eigenvalue weighted by Gasteiger charge is 2.36. The predicted molar refractivity (Wildman–Crippen MR) is 77.9 cm³/mol. The molecular weight excluding hydrogens is 326 g/mol. The van der Waals surface area contributed by atoms with Crippen molar-refractivity contribution in [1.82, 2.24) is 4.90 Å². The third-order valence-electron chi connectivity index (χ3n) is 3.61. The summed E-state index contributed by atoms with van der Waals surface area (Å²) in [6.07, 6.45) is 0. The molecule has 0 aromatic heterocycles. The highest BCUT2D eigenvalue weighted by atomic mass is 79.9. The maximum absolute atomic E-state index is 11.2. The van der Waals surface area contributed by atoms with Crippen LogP contribution in [0.1, 0.15) is 5.56 Å². The summed E-state index contributed by atoms with van der Waals surface area (Å²) >= 11 is 3.51. The Kier molecular flexibility index (Phi) is 5.01. The number of hydrogen-bond donors (Lipinski definition) is 1. The second-order valence-electron chi connectivity index (χ2n) is 4.92. The minimum Gasteiger partial charge on any atom is -0.497 e. The van der Waals surface area contributed by atoms with E-state index in [0.717, 1.165) is 15.8 Å². The number of hydrogen-bond acceptors (Lipinski definition) is 4. The first-order valence-electron chi connectivity index (χ1n) is 6.36. The zero-order valence-corrected chi connectivity index (χ0v) is 13.1. The Morgan fingerprint density at radius 1 is 1.55 bits per heavy atom. The lowest BCUT2D eigenvalue weighted by atomic mass is 10.0. The van der Waals surface area contributed by atoms with E-state index in [1.165, 1.54) is 0 Å². The van der Waals surface area contributed by atoms with Gasteiger partial charge in [-0.05, 0) is 30.8 Å². The molecule has 0 spiro atoms. The number of carbonyl (C=O) groups is 1. The van der Waals surface area contributed by atoms with Crippen LogP contribution in [-0.2, 0) is 16.1 Å². The number of ether oxygens (including phenoxy) is 2. The standard InChI is InChI=1S/C14H18BrNO4/c1-16(13-8-20-7-11(13)14(17)18)6-9-5-10(19-2)3-4-12(9)15/h3-5,11,13H,6-8H2,1-2H3,(H,17,18). The second kappa shape index (κ2) is 6.56. The van der Waals surface area contributed by atoms with Crippen LogP contribution in [0.15, 0.2) is 22.7 Å². The molecule has 1 aliphatic rings. The van der Waals surface area contributed by atoms with Crippen molar-refractivity contribution in [2.45, 2.75) is 12.6 Å². The molecule has 6 heteroatoms. The Hall–Kier alpha value is -1.11. The van der Waals surface area contributed by atoms with Crippen molar-refractivity contribution in [3.8, 4) is 5.75 Å². The Balaban J connectivity index is 2.11. The van der Waals surface area contributed by atoms with Gasteiger partial charge in [-0.15, -0.1) is 0 Å². The Bertz CT molecular complexity index is 494. The third kappa shape index (κ3) is 3.31. The van der Waals surface area contributed by atoms with Crippen LogP contribution in [0.2, 0.25) is 0 Å². The summed E-state index contributed by atoms with van der Waals surface area (Å²) in [4.78, 5) is 13.2. The maximum Gasteiger partial charge on any atom is 0.310 e. The Labute approximate surface area is 126 Å². The van der Waals surface area contributed by atoms with Crippen molar-refractivity contribution < 1.29 is 19.4 Å². The van der Waals surface area contributed by atoms with E-state index in [9.17, 15) is 9.90 Å². The minimum absolute atomic E-state index is 0.106. The van der Waals surface area contributed by atoms with Gasteiger partial charge >= 0.3 is 5.97 Å². The zero-order chi connectivity index (χ0) is 14.7. The van der Waals surface area contributed by atoms with E-state index in [4.69, 9.17) is 9.47 Å². The number of rotatable bonds is 5. The average Bonchev–Trinajstić information content (AvgIpc) is 2.90. The van der Waals surface area contributed by atoms with Gasteiger partial charge in [0.15, 0.2) is 0 Å². The van der Waals surface area contributed by atoms with Gasteiger partial charge in [-0.2, -0.15) is 0 Å². The molecule has 1 aliphatic heterocycles. The van der Waals surface area contributed by atoms with Crippen molar-refractivity contribution in [2.24, 2.45) is 5.92 Å². The number of carboxylic acid groups (broad SMARTS) is 1. The topological polar surface area (TPSA) is 59.0 Å². The molecule has 0 amide bonds. The summed E-state index contributed by atoms with van der Waals surface area (Å²) in [7, 11) is 3.54. The van der Waals surface area contributed by atoms with Crippen LogP contribution < -0.4 is 4.74 Å². The van der Waals surface area contributed by atoms with Crippen molar-refractivity contribution in [3.05, 3.63) is 28.2 Å². The molecule has 110 valence electrons. The van der Waals surface area contributed by atoms with Crippen LogP contribution >= 0.6 is 15.9 Å². The van der Waals surface area contributed by atoms with E-state index in [-0.39, 0.29) is 12.6 Å². The molecule has 0 saturated carbocycles. The number of aliphatic carboxylic acids is 1. The van der Waals surface area contributed by atoms with E-state index in [0.29, 0.717) is 13.2 Å². The van der Waals surface area contributed by atoms with Crippen molar-refractivity contribution >= 4 is 21.9 Å². The minimum atomic E-state index is -0.802. The van der Waals surface area contributed by atoms with Crippen molar-refractivity contribution in [2.75, 3.05) is 27.4 Å². The van der Waals surface area contributed by atoms with Crippen LogP contribution in [0.3, 0.4) is 0 Å².